The average molecular weight is 289 g/mol. The third-order valence-electron chi connectivity index (χ3n) is 2.78. The molecule has 0 aliphatic heterocycles. The first-order valence-electron chi connectivity index (χ1n) is 7.05. The predicted octanol–water partition coefficient (Wildman–Crippen LogP) is 2.12. The summed E-state index contributed by atoms with van der Waals surface area (Å²) in [5, 5.41) is 13.9. The van der Waals surface area contributed by atoms with Crippen LogP contribution in [0.5, 0.6) is 5.75 Å². The first-order valence-corrected chi connectivity index (χ1v) is 7.05. The van der Waals surface area contributed by atoms with Gasteiger partial charge in [0.25, 0.3) is 5.91 Å². The van der Waals surface area contributed by atoms with Crippen molar-refractivity contribution in [1.29, 1.82) is 0 Å². The van der Waals surface area contributed by atoms with Gasteiger partial charge in [0.1, 0.15) is 5.75 Å². The van der Waals surface area contributed by atoms with Crippen LogP contribution in [0.4, 0.5) is 5.95 Å². The number of nitrogens with zero attached hydrogens (tertiary/aromatic N) is 4. The Morgan fingerprint density at radius 1 is 1.24 bits per heavy atom. The summed E-state index contributed by atoms with van der Waals surface area (Å²) in [6.07, 6.45) is 1.83. The number of anilines is 1. The summed E-state index contributed by atoms with van der Waals surface area (Å²) in [5.74, 6) is 0.863. The molecule has 0 spiro atoms. The molecule has 0 atom stereocenters. The summed E-state index contributed by atoms with van der Waals surface area (Å²) in [6.45, 7) is 5.38. The molecule has 1 amide bonds. The molecule has 2 aromatic rings. The molecule has 0 aliphatic carbocycles. The van der Waals surface area contributed by atoms with Crippen LogP contribution in [0.2, 0.25) is 0 Å². The van der Waals surface area contributed by atoms with Crippen molar-refractivity contribution in [2.75, 3.05) is 11.9 Å². The smallest absolute Gasteiger partial charge is 0.258 e. The highest BCUT2D eigenvalue weighted by atomic mass is 16.5. The van der Waals surface area contributed by atoms with Crippen LogP contribution in [0.1, 0.15) is 37.0 Å². The zero-order chi connectivity index (χ0) is 15.1. The van der Waals surface area contributed by atoms with Crippen LogP contribution in [0.3, 0.4) is 0 Å². The molecule has 7 nitrogen and oxygen atoms in total. The highest BCUT2D eigenvalue weighted by molar-refractivity contribution is 6.03. The Bertz CT molecular complexity index is 579. The molecular weight excluding hydrogens is 270 g/mol. The molecule has 0 saturated heterocycles. The van der Waals surface area contributed by atoms with Gasteiger partial charge < -0.3 is 4.74 Å². The molecule has 112 valence electrons. The number of ether oxygens (including phenoxy) is 1. The lowest BCUT2D eigenvalue weighted by Gasteiger charge is -2.07. The van der Waals surface area contributed by atoms with E-state index in [4.69, 9.17) is 4.74 Å². The second-order valence-corrected chi connectivity index (χ2v) is 4.55. The van der Waals surface area contributed by atoms with Crippen LogP contribution in [0.25, 0.3) is 0 Å². The second-order valence-electron chi connectivity index (χ2n) is 4.55. The number of aryl methyl sites for hydroxylation is 1. The monoisotopic (exact) mass is 289 g/mol. The molecule has 1 heterocycles. The van der Waals surface area contributed by atoms with E-state index in [1.807, 2.05) is 13.8 Å². The van der Waals surface area contributed by atoms with Gasteiger partial charge in [0.05, 0.1) is 6.61 Å². The summed E-state index contributed by atoms with van der Waals surface area (Å²) in [4.78, 5) is 12.1. The second kappa shape index (κ2) is 7.37. The summed E-state index contributed by atoms with van der Waals surface area (Å²) in [7, 11) is 0. The Kier molecular flexibility index (Phi) is 5.25. The maximum Gasteiger partial charge on any atom is 0.258 e. The number of hydrogen-bond acceptors (Lipinski definition) is 5. The fraction of sp³-hybridized carbons (Fsp3) is 0.429. The van der Waals surface area contributed by atoms with Gasteiger partial charge in [-0.1, -0.05) is 18.9 Å². The van der Waals surface area contributed by atoms with Crippen LogP contribution in [-0.4, -0.2) is 32.7 Å². The minimum absolute atomic E-state index is 0.246. The zero-order valence-corrected chi connectivity index (χ0v) is 12.2. The maximum atomic E-state index is 12.1. The highest BCUT2D eigenvalue weighted by Crippen LogP contribution is 2.13. The lowest BCUT2D eigenvalue weighted by atomic mass is 10.2. The van der Waals surface area contributed by atoms with Gasteiger partial charge in [0, 0.05) is 12.1 Å². The van der Waals surface area contributed by atoms with E-state index in [1.165, 1.54) is 0 Å². The van der Waals surface area contributed by atoms with Crippen LogP contribution < -0.4 is 10.1 Å². The average Bonchev–Trinajstić information content (AvgIpc) is 2.93. The molecule has 0 aliphatic rings. The SMILES string of the molecule is CCCOc1ccc(C(=O)Nc2nnnn2CCC)cc1. The van der Waals surface area contributed by atoms with Crippen molar-refractivity contribution in [2.45, 2.75) is 33.2 Å². The summed E-state index contributed by atoms with van der Waals surface area (Å²) in [6, 6.07) is 6.99. The van der Waals surface area contributed by atoms with Crippen LogP contribution in [0.15, 0.2) is 24.3 Å². The van der Waals surface area contributed by atoms with Gasteiger partial charge in [0.2, 0.25) is 5.95 Å². The molecule has 0 unspecified atom stereocenters. The molecule has 0 fully saturated rings. The number of benzene rings is 1. The van der Waals surface area contributed by atoms with E-state index in [0.29, 0.717) is 24.7 Å². The van der Waals surface area contributed by atoms with Crippen molar-refractivity contribution in [3.05, 3.63) is 29.8 Å². The van der Waals surface area contributed by atoms with Crippen molar-refractivity contribution >= 4 is 11.9 Å². The van der Waals surface area contributed by atoms with Crippen molar-refractivity contribution in [3.63, 3.8) is 0 Å². The molecule has 0 saturated carbocycles. The predicted molar refractivity (Wildman–Crippen MR) is 78.3 cm³/mol. The third kappa shape index (κ3) is 4.01. The van der Waals surface area contributed by atoms with E-state index < -0.39 is 0 Å². The van der Waals surface area contributed by atoms with Crippen LogP contribution in [-0.2, 0) is 6.54 Å². The fourth-order valence-corrected chi connectivity index (χ4v) is 1.75. The number of rotatable bonds is 7. The summed E-state index contributed by atoms with van der Waals surface area (Å²) >= 11 is 0. The van der Waals surface area contributed by atoms with Gasteiger partial charge in [-0.2, -0.15) is 0 Å². The number of carbonyl (C=O) groups excluding carboxylic acids is 1. The Labute approximate surface area is 123 Å². The van der Waals surface area contributed by atoms with Crippen LogP contribution in [0, 0.1) is 0 Å². The van der Waals surface area contributed by atoms with E-state index in [9.17, 15) is 4.79 Å². The van der Waals surface area contributed by atoms with E-state index >= 15 is 0 Å². The Morgan fingerprint density at radius 2 is 2.00 bits per heavy atom. The van der Waals surface area contributed by atoms with Gasteiger partial charge in [-0.05, 0) is 47.5 Å². The zero-order valence-electron chi connectivity index (χ0n) is 12.2. The number of aromatic nitrogens is 4. The molecule has 1 N–H and O–H groups in total. The van der Waals surface area contributed by atoms with Gasteiger partial charge in [-0.15, -0.1) is 0 Å². The molecular formula is C14H19N5O2. The number of nitrogens with one attached hydrogen (secondary N) is 1. The van der Waals surface area contributed by atoms with Gasteiger partial charge >= 0.3 is 0 Å². The molecule has 0 radical (unpaired) electrons. The van der Waals surface area contributed by atoms with Crippen molar-refractivity contribution in [2.24, 2.45) is 0 Å². The van der Waals surface area contributed by atoms with Crippen molar-refractivity contribution in [3.8, 4) is 5.75 Å². The fourth-order valence-electron chi connectivity index (χ4n) is 1.75. The quantitative estimate of drug-likeness (QED) is 0.844. The van der Waals surface area contributed by atoms with E-state index in [0.717, 1.165) is 18.6 Å². The summed E-state index contributed by atoms with van der Waals surface area (Å²) < 4.78 is 7.04. The van der Waals surface area contributed by atoms with Crippen molar-refractivity contribution in [1.82, 2.24) is 20.2 Å². The van der Waals surface area contributed by atoms with Crippen LogP contribution >= 0.6 is 0 Å². The number of hydrogen-bond donors (Lipinski definition) is 1. The molecule has 0 bridgehead atoms. The van der Waals surface area contributed by atoms with E-state index in [2.05, 4.69) is 20.8 Å². The molecule has 7 heteroatoms. The summed E-state index contributed by atoms with van der Waals surface area (Å²) in [5.41, 5.74) is 0.532. The Morgan fingerprint density at radius 3 is 2.67 bits per heavy atom. The lowest BCUT2D eigenvalue weighted by molar-refractivity contribution is 0.102. The number of carbonyl (C=O) groups is 1. The molecule has 21 heavy (non-hydrogen) atoms. The maximum absolute atomic E-state index is 12.1. The van der Waals surface area contributed by atoms with E-state index in [1.54, 1.807) is 28.9 Å². The first-order chi connectivity index (χ1) is 10.2. The number of amides is 1. The lowest BCUT2D eigenvalue weighted by Crippen LogP contribution is -2.16. The van der Waals surface area contributed by atoms with E-state index in [-0.39, 0.29) is 5.91 Å². The van der Waals surface area contributed by atoms with Gasteiger partial charge in [-0.25, -0.2) is 4.68 Å². The minimum Gasteiger partial charge on any atom is -0.494 e. The largest absolute Gasteiger partial charge is 0.494 e. The topological polar surface area (TPSA) is 81.9 Å². The van der Waals surface area contributed by atoms with Gasteiger partial charge in [0.15, 0.2) is 0 Å². The Hall–Kier alpha value is -2.44. The minimum atomic E-state index is -0.246. The normalized spacial score (nSPS) is 10.4. The Balaban J connectivity index is 2.01. The van der Waals surface area contributed by atoms with Crippen molar-refractivity contribution < 1.29 is 9.53 Å². The molecule has 1 aromatic heterocycles. The number of tetrazole rings is 1. The molecule has 2 rings (SSSR count). The first kappa shape index (κ1) is 15.0. The third-order valence-corrected chi connectivity index (χ3v) is 2.78. The molecule has 1 aromatic carbocycles. The highest BCUT2D eigenvalue weighted by Gasteiger charge is 2.11. The standard InChI is InChI=1S/C14H19N5O2/c1-3-9-19-14(16-17-18-19)15-13(20)11-5-7-12(8-6-11)21-10-4-2/h5-8H,3-4,9-10H2,1-2H3,(H,15,16,18,20). The van der Waals surface area contributed by atoms with Gasteiger partial charge in [-0.3, -0.25) is 10.1 Å².